The normalized spacial score (nSPS) is 15.7. The minimum absolute atomic E-state index is 0.0400. The van der Waals surface area contributed by atoms with E-state index in [2.05, 4.69) is 6.58 Å². The van der Waals surface area contributed by atoms with E-state index in [0.29, 0.717) is 36.3 Å². The molecule has 4 nitrogen and oxygen atoms in total. The number of benzene rings is 1. The third-order valence-electron chi connectivity index (χ3n) is 4.08. The molecule has 1 heterocycles. The number of ketones is 1. The first-order chi connectivity index (χ1) is 11.0. The first-order valence-corrected chi connectivity index (χ1v) is 8.17. The lowest BCUT2D eigenvalue weighted by atomic mass is 9.95. The van der Waals surface area contributed by atoms with Gasteiger partial charge in [0.15, 0.2) is 11.9 Å². The zero-order chi connectivity index (χ0) is 17.0. The molecule has 0 bridgehead atoms. The zero-order valence-electron chi connectivity index (χ0n) is 14.1. The van der Waals surface area contributed by atoms with Gasteiger partial charge in [0.05, 0.1) is 6.61 Å². The summed E-state index contributed by atoms with van der Waals surface area (Å²) in [5, 5.41) is 0. The topological polar surface area (TPSA) is 52.6 Å². The highest BCUT2D eigenvalue weighted by molar-refractivity contribution is 6.09. The van der Waals surface area contributed by atoms with E-state index in [4.69, 9.17) is 9.47 Å². The summed E-state index contributed by atoms with van der Waals surface area (Å²) in [4.78, 5) is 24.4. The fourth-order valence-electron chi connectivity index (χ4n) is 2.53. The Morgan fingerprint density at radius 1 is 1.35 bits per heavy atom. The zero-order valence-corrected chi connectivity index (χ0v) is 14.1. The van der Waals surface area contributed by atoms with Crippen LogP contribution in [0, 0.1) is 6.92 Å². The largest absolute Gasteiger partial charge is 0.478 e. The summed E-state index contributed by atoms with van der Waals surface area (Å²) in [6, 6.07) is 3.65. The predicted molar refractivity (Wildman–Crippen MR) is 88.9 cm³/mol. The Balaban J connectivity index is 2.13. The fraction of sp³-hybridized carbons (Fsp3) is 0.474. The third kappa shape index (κ3) is 3.81. The van der Waals surface area contributed by atoms with Crippen LogP contribution in [-0.2, 0) is 16.0 Å². The Morgan fingerprint density at radius 3 is 2.74 bits per heavy atom. The molecule has 124 valence electrons. The van der Waals surface area contributed by atoms with Gasteiger partial charge >= 0.3 is 5.97 Å². The highest BCUT2D eigenvalue weighted by Gasteiger charge is 2.31. The highest BCUT2D eigenvalue weighted by atomic mass is 16.6. The van der Waals surface area contributed by atoms with Crippen molar-refractivity contribution in [3.63, 3.8) is 0 Å². The maximum atomic E-state index is 12.4. The number of ether oxygens (including phenoxy) is 2. The molecule has 4 heteroatoms. The molecule has 1 unspecified atom stereocenters. The van der Waals surface area contributed by atoms with Crippen LogP contribution in [0.25, 0.3) is 0 Å². The summed E-state index contributed by atoms with van der Waals surface area (Å²) < 4.78 is 10.9. The average molecular weight is 316 g/mol. The number of carbonyl (C=O) groups is 2. The van der Waals surface area contributed by atoms with Gasteiger partial charge in [0, 0.05) is 12.0 Å². The molecular weight excluding hydrogens is 292 g/mol. The molecule has 0 spiro atoms. The van der Waals surface area contributed by atoms with E-state index < -0.39 is 6.10 Å². The van der Waals surface area contributed by atoms with Crippen molar-refractivity contribution in [2.75, 3.05) is 6.61 Å². The van der Waals surface area contributed by atoms with E-state index in [1.165, 1.54) is 0 Å². The predicted octanol–water partition coefficient (Wildman–Crippen LogP) is 3.79. The Morgan fingerprint density at radius 2 is 2.09 bits per heavy atom. The van der Waals surface area contributed by atoms with Gasteiger partial charge in [-0.15, -0.1) is 0 Å². The van der Waals surface area contributed by atoms with Crippen molar-refractivity contribution in [2.45, 2.75) is 52.6 Å². The van der Waals surface area contributed by atoms with E-state index >= 15 is 0 Å². The molecule has 1 aromatic carbocycles. The monoisotopic (exact) mass is 316 g/mol. The summed E-state index contributed by atoms with van der Waals surface area (Å²) in [7, 11) is 0. The van der Waals surface area contributed by atoms with Gasteiger partial charge in [0.25, 0.3) is 0 Å². The van der Waals surface area contributed by atoms with Crippen LogP contribution in [0.1, 0.15) is 54.6 Å². The quantitative estimate of drug-likeness (QED) is 0.332. The van der Waals surface area contributed by atoms with Crippen LogP contribution in [0.2, 0.25) is 0 Å². The Hall–Kier alpha value is -2.10. The number of hydrogen-bond donors (Lipinski definition) is 0. The Bertz CT molecular complexity index is 631. The number of carbonyl (C=O) groups excluding carboxylic acids is 2. The second-order valence-electron chi connectivity index (χ2n) is 5.89. The van der Waals surface area contributed by atoms with E-state index in [1.54, 1.807) is 0 Å². The van der Waals surface area contributed by atoms with Crippen LogP contribution < -0.4 is 4.74 Å². The van der Waals surface area contributed by atoms with Gasteiger partial charge in [-0.2, -0.15) is 0 Å². The number of hydrogen-bond acceptors (Lipinski definition) is 4. The van der Waals surface area contributed by atoms with Gasteiger partial charge in [0.1, 0.15) is 5.75 Å². The molecule has 1 aromatic rings. The van der Waals surface area contributed by atoms with Crippen LogP contribution in [0.4, 0.5) is 0 Å². The number of unbranched alkanes of at least 4 members (excludes halogenated alkanes) is 1. The van der Waals surface area contributed by atoms with Crippen molar-refractivity contribution in [2.24, 2.45) is 0 Å². The summed E-state index contributed by atoms with van der Waals surface area (Å²) in [5.74, 6) is 0.290. The summed E-state index contributed by atoms with van der Waals surface area (Å²) in [5.41, 5.74) is 2.94. The van der Waals surface area contributed by atoms with E-state index in [9.17, 15) is 9.59 Å². The van der Waals surface area contributed by atoms with Crippen molar-refractivity contribution < 1.29 is 19.1 Å². The molecule has 0 N–H and O–H groups in total. The van der Waals surface area contributed by atoms with Crippen molar-refractivity contribution in [3.05, 3.63) is 41.0 Å². The van der Waals surface area contributed by atoms with E-state index in [-0.39, 0.29) is 11.8 Å². The van der Waals surface area contributed by atoms with Gasteiger partial charge in [0.2, 0.25) is 0 Å². The highest BCUT2D eigenvalue weighted by Crippen LogP contribution is 2.33. The molecule has 0 saturated carbocycles. The lowest BCUT2D eigenvalue weighted by Crippen LogP contribution is -2.27. The van der Waals surface area contributed by atoms with E-state index in [1.807, 2.05) is 32.9 Å². The van der Waals surface area contributed by atoms with Gasteiger partial charge in [-0.05, 0) is 48.6 Å². The van der Waals surface area contributed by atoms with Gasteiger partial charge in [-0.3, -0.25) is 4.79 Å². The number of rotatable bonds is 7. The lowest BCUT2D eigenvalue weighted by Gasteiger charge is -2.10. The number of aryl methyl sites for hydroxylation is 1. The molecule has 0 amide bonds. The third-order valence-corrected chi connectivity index (χ3v) is 4.08. The maximum Gasteiger partial charge on any atom is 0.347 e. The second-order valence-corrected chi connectivity index (χ2v) is 5.89. The minimum atomic E-state index is -0.610. The first-order valence-electron chi connectivity index (χ1n) is 8.17. The average Bonchev–Trinajstić information content (AvgIpc) is 2.95. The molecule has 1 atom stereocenters. The Labute approximate surface area is 137 Å². The lowest BCUT2D eigenvalue weighted by molar-refractivity contribution is -0.151. The van der Waals surface area contributed by atoms with Crippen LogP contribution in [0.3, 0.4) is 0 Å². The molecule has 1 aliphatic heterocycles. The molecule has 0 fully saturated rings. The van der Waals surface area contributed by atoms with Crippen molar-refractivity contribution >= 4 is 11.8 Å². The van der Waals surface area contributed by atoms with Gasteiger partial charge in [-0.25, -0.2) is 4.79 Å². The van der Waals surface area contributed by atoms with Crippen molar-refractivity contribution in [3.8, 4) is 5.75 Å². The van der Waals surface area contributed by atoms with Crippen LogP contribution in [0.15, 0.2) is 24.3 Å². The number of esters is 1. The van der Waals surface area contributed by atoms with Crippen molar-refractivity contribution in [1.82, 2.24) is 0 Å². The molecular formula is C19H24O4. The Kier molecular flexibility index (Phi) is 5.59. The molecule has 23 heavy (non-hydrogen) atoms. The van der Waals surface area contributed by atoms with Crippen LogP contribution in [0.5, 0.6) is 5.75 Å². The SMILES string of the molecule is C=C(CC)C(=O)c1cc2c(cc1C)OC(C(=O)OCCCC)C2. The summed E-state index contributed by atoms with van der Waals surface area (Å²) in [6.07, 6.45) is 2.28. The van der Waals surface area contributed by atoms with E-state index in [0.717, 1.165) is 24.0 Å². The smallest absolute Gasteiger partial charge is 0.347 e. The van der Waals surface area contributed by atoms with Gasteiger partial charge < -0.3 is 9.47 Å². The first kappa shape index (κ1) is 17.3. The van der Waals surface area contributed by atoms with Crippen LogP contribution >= 0.6 is 0 Å². The molecule has 0 aliphatic carbocycles. The van der Waals surface area contributed by atoms with Crippen molar-refractivity contribution in [1.29, 1.82) is 0 Å². The van der Waals surface area contributed by atoms with Crippen LogP contribution in [-0.4, -0.2) is 24.5 Å². The second kappa shape index (κ2) is 7.44. The number of allylic oxidation sites excluding steroid dienone is 1. The number of fused-ring (bicyclic) bond motifs is 1. The number of Topliss-reactive ketones (excluding diaryl/α,β-unsaturated/α-hetero) is 1. The molecule has 0 saturated heterocycles. The minimum Gasteiger partial charge on any atom is -0.478 e. The maximum absolute atomic E-state index is 12.4. The molecule has 2 rings (SSSR count). The summed E-state index contributed by atoms with van der Waals surface area (Å²) >= 11 is 0. The fourth-order valence-corrected chi connectivity index (χ4v) is 2.53. The molecule has 1 aliphatic rings. The summed E-state index contributed by atoms with van der Waals surface area (Å²) in [6.45, 7) is 10.1. The molecule has 0 aromatic heterocycles. The standard InChI is InChI=1S/C19H24O4/c1-5-7-8-22-19(21)17-11-14-10-15(18(20)12(3)6-2)13(4)9-16(14)23-17/h9-10,17H,3,5-8,11H2,1-2,4H3. The molecule has 0 radical (unpaired) electrons. The van der Waals surface area contributed by atoms with Gasteiger partial charge in [-0.1, -0.05) is 26.8 Å².